The first-order valence-electron chi connectivity index (χ1n) is 8.55. The van der Waals surface area contributed by atoms with Crippen molar-refractivity contribution in [3.05, 3.63) is 59.7 Å². The number of benzene rings is 2. The van der Waals surface area contributed by atoms with Gasteiger partial charge in [0.25, 0.3) is 0 Å². The molecule has 0 amide bonds. The summed E-state index contributed by atoms with van der Waals surface area (Å²) in [5.41, 5.74) is 2.19. The van der Waals surface area contributed by atoms with Crippen LogP contribution in [-0.2, 0) is 17.9 Å². The van der Waals surface area contributed by atoms with Crippen LogP contribution >= 0.6 is 0 Å². The van der Waals surface area contributed by atoms with Crippen LogP contribution < -0.4 is 14.8 Å². The SMILES string of the molecule is CCOc1cc(CNC)ccc1OCC(O)COCc1ccccc1. The molecule has 136 valence electrons. The van der Waals surface area contributed by atoms with Crippen molar-refractivity contribution in [1.29, 1.82) is 0 Å². The zero-order valence-corrected chi connectivity index (χ0v) is 14.9. The second-order valence-corrected chi connectivity index (χ2v) is 5.71. The maximum Gasteiger partial charge on any atom is 0.161 e. The van der Waals surface area contributed by atoms with Crippen LogP contribution in [0.5, 0.6) is 11.5 Å². The minimum absolute atomic E-state index is 0.153. The van der Waals surface area contributed by atoms with E-state index in [-0.39, 0.29) is 13.2 Å². The van der Waals surface area contributed by atoms with Gasteiger partial charge in [-0.15, -0.1) is 0 Å². The molecule has 25 heavy (non-hydrogen) atoms. The van der Waals surface area contributed by atoms with Gasteiger partial charge in [0.05, 0.1) is 19.8 Å². The Labute approximate surface area is 149 Å². The van der Waals surface area contributed by atoms with Crippen LogP contribution in [0.4, 0.5) is 0 Å². The van der Waals surface area contributed by atoms with E-state index in [9.17, 15) is 5.11 Å². The Morgan fingerprint density at radius 1 is 0.960 bits per heavy atom. The Kier molecular flexibility index (Phi) is 8.25. The molecule has 0 aliphatic heterocycles. The van der Waals surface area contributed by atoms with Crippen LogP contribution in [0.25, 0.3) is 0 Å². The highest BCUT2D eigenvalue weighted by atomic mass is 16.5. The summed E-state index contributed by atoms with van der Waals surface area (Å²) in [6.07, 6.45) is -0.699. The molecule has 0 aliphatic rings. The summed E-state index contributed by atoms with van der Waals surface area (Å²) < 4.78 is 16.9. The molecule has 2 aromatic rings. The second kappa shape index (κ2) is 10.7. The summed E-state index contributed by atoms with van der Waals surface area (Å²) in [5.74, 6) is 1.32. The lowest BCUT2D eigenvalue weighted by atomic mass is 10.2. The highest BCUT2D eigenvalue weighted by Crippen LogP contribution is 2.28. The minimum atomic E-state index is -0.699. The Bertz CT molecular complexity index is 618. The number of nitrogens with one attached hydrogen (secondary N) is 1. The van der Waals surface area contributed by atoms with Crippen molar-refractivity contribution in [2.45, 2.75) is 26.2 Å². The lowest BCUT2D eigenvalue weighted by Gasteiger charge is -2.16. The van der Waals surface area contributed by atoms with Crippen molar-refractivity contribution < 1.29 is 19.3 Å². The van der Waals surface area contributed by atoms with Crippen LogP contribution in [0.1, 0.15) is 18.1 Å². The van der Waals surface area contributed by atoms with Crippen molar-refractivity contribution in [1.82, 2.24) is 5.32 Å². The van der Waals surface area contributed by atoms with Gasteiger partial charge in [-0.05, 0) is 37.2 Å². The second-order valence-electron chi connectivity index (χ2n) is 5.71. The van der Waals surface area contributed by atoms with E-state index in [1.807, 2.05) is 62.5 Å². The van der Waals surface area contributed by atoms with Crippen molar-refractivity contribution in [2.24, 2.45) is 0 Å². The predicted octanol–water partition coefficient (Wildman–Crippen LogP) is 2.76. The normalized spacial score (nSPS) is 12.0. The Morgan fingerprint density at radius 2 is 1.76 bits per heavy atom. The predicted molar refractivity (Wildman–Crippen MR) is 98.0 cm³/mol. The van der Waals surface area contributed by atoms with Crippen molar-refractivity contribution >= 4 is 0 Å². The lowest BCUT2D eigenvalue weighted by Crippen LogP contribution is -2.23. The smallest absolute Gasteiger partial charge is 0.161 e. The highest BCUT2D eigenvalue weighted by Gasteiger charge is 2.10. The average Bonchev–Trinajstić information content (AvgIpc) is 2.62. The molecule has 0 aliphatic carbocycles. The van der Waals surface area contributed by atoms with E-state index >= 15 is 0 Å². The summed E-state index contributed by atoms with van der Waals surface area (Å²) in [5, 5.41) is 13.2. The van der Waals surface area contributed by atoms with E-state index < -0.39 is 6.10 Å². The van der Waals surface area contributed by atoms with Crippen LogP contribution in [0, 0.1) is 0 Å². The summed E-state index contributed by atoms with van der Waals surface area (Å²) in [7, 11) is 1.90. The Hall–Kier alpha value is -2.08. The van der Waals surface area contributed by atoms with Gasteiger partial charge in [-0.2, -0.15) is 0 Å². The van der Waals surface area contributed by atoms with Gasteiger partial charge in [0.2, 0.25) is 0 Å². The molecule has 1 unspecified atom stereocenters. The van der Waals surface area contributed by atoms with Gasteiger partial charge in [0.1, 0.15) is 12.7 Å². The third kappa shape index (κ3) is 6.74. The molecule has 1 atom stereocenters. The zero-order valence-electron chi connectivity index (χ0n) is 14.9. The van der Waals surface area contributed by atoms with Crippen LogP contribution in [0.2, 0.25) is 0 Å². The third-order valence-corrected chi connectivity index (χ3v) is 3.54. The minimum Gasteiger partial charge on any atom is -0.490 e. The van der Waals surface area contributed by atoms with E-state index in [2.05, 4.69) is 5.32 Å². The molecule has 2 rings (SSSR count). The van der Waals surface area contributed by atoms with Crippen molar-refractivity contribution in [3.63, 3.8) is 0 Å². The Morgan fingerprint density at radius 3 is 2.48 bits per heavy atom. The van der Waals surface area contributed by atoms with Gasteiger partial charge in [0, 0.05) is 6.54 Å². The highest BCUT2D eigenvalue weighted by molar-refractivity contribution is 5.43. The van der Waals surface area contributed by atoms with Gasteiger partial charge < -0.3 is 24.6 Å². The molecular formula is C20H27NO4. The van der Waals surface area contributed by atoms with E-state index in [1.54, 1.807) is 0 Å². The molecule has 5 nitrogen and oxygen atoms in total. The quantitative estimate of drug-likeness (QED) is 0.656. The molecule has 0 fully saturated rings. The molecule has 0 spiro atoms. The van der Waals surface area contributed by atoms with E-state index in [0.29, 0.717) is 24.7 Å². The number of hydrogen-bond donors (Lipinski definition) is 2. The number of aliphatic hydroxyl groups is 1. The molecule has 0 saturated heterocycles. The number of ether oxygens (including phenoxy) is 3. The van der Waals surface area contributed by atoms with Gasteiger partial charge in [-0.25, -0.2) is 0 Å². The summed E-state index contributed by atoms with van der Waals surface area (Å²) >= 11 is 0. The average molecular weight is 345 g/mol. The molecule has 0 aromatic heterocycles. The zero-order chi connectivity index (χ0) is 17.9. The van der Waals surface area contributed by atoms with Gasteiger partial charge >= 0.3 is 0 Å². The molecule has 0 radical (unpaired) electrons. The third-order valence-electron chi connectivity index (χ3n) is 3.54. The topological polar surface area (TPSA) is 60.0 Å². The fourth-order valence-corrected chi connectivity index (χ4v) is 2.38. The molecule has 0 bridgehead atoms. The largest absolute Gasteiger partial charge is 0.490 e. The standard InChI is InChI=1S/C20H27NO4/c1-3-24-20-11-17(12-21-2)9-10-19(20)25-15-18(22)14-23-13-16-7-5-4-6-8-16/h4-11,18,21-22H,3,12-15H2,1-2H3. The summed E-state index contributed by atoms with van der Waals surface area (Å²) in [4.78, 5) is 0. The van der Waals surface area contributed by atoms with Crippen molar-refractivity contribution in [3.8, 4) is 11.5 Å². The first-order chi connectivity index (χ1) is 12.2. The lowest BCUT2D eigenvalue weighted by molar-refractivity contribution is 0.00500. The molecule has 0 heterocycles. The first-order valence-corrected chi connectivity index (χ1v) is 8.55. The van der Waals surface area contributed by atoms with E-state index in [0.717, 1.165) is 17.7 Å². The molecule has 0 saturated carbocycles. The van der Waals surface area contributed by atoms with E-state index in [1.165, 1.54) is 0 Å². The summed E-state index contributed by atoms with van der Waals surface area (Å²) in [6, 6.07) is 15.7. The van der Waals surface area contributed by atoms with Crippen LogP contribution in [0.3, 0.4) is 0 Å². The number of rotatable bonds is 11. The monoisotopic (exact) mass is 345 g/mol. The van der Waals surface area contributed by atoms with Gasteiger partial charge in [0.15, 0.2) is 11.5 Å². The summed E-state index contributed by atoms with van der Waals surface area (Å²) in [6.45, 7) is 4.09. The fourth-order valence-electron chi connectivity index (χ4n) is 2.38. The maximum absolute atomic E-state index is 10.0. The van der Waals surface area contributed by atoms with Crippen molar-refractivity contribution in [2.75, 3.05) is 26.9 Å². The molecule has 2 N–H and O–H groups in total. The molecule has 2 aromatic carbocycles. The first kappa shape index (κ1) is 19.2. The number of hydrogen-bond acceptors (Lipinski definition) is 5. The molecule has 5 heteroatoms. The van der Waals surface area contributed by atoms with Crippen LogP contribution in [-0.4, -0.2) is 38.1 Å². The van der Waals surface area contributed by atoms with E-state index in [4.69, 9.17) is 14.2 Å². The van der Waals surface area contributed by atoms with Crippen LogP contribution in [0.15, 0.2) is 48.5 Å². The maximum atomic E-state index is 10.0. The molecular weight excluding hydrogens is 318 g/mol. The van der Waals surface area contributed by atoms with Gasteiger partial charge in [-0.1, -0.05) is 36.4 Å². The number of aliphatic hydroxyl groups excluding tert-OH is 1. The fraction of sp³-hybridized carbons (Fsp3) is 0.400. The Balaban J connectivity index is 1.80. The van der Waals surface area contributed by atoms with Gasteiger partial charge in [-0.3, -0.25) is 0 Å².